The molecule has 0 spiro atoms. The van der Waals surface area contributed by atoms with Gasteiger partial charge in [0, 0.05) is 12.6 Å². The van der Waals surface area contributed by atoms with Crippen molar-refractivity contribution in [2.45, 2.75) is 0 Å². The molecule has 0 bridgehead atoms. The van der Waals surface area contributed by atoms with Gasteiger partial charge in [-0.1, -0.05) is 36.4 Å². The number of amides is 1. The Balaban J connectivity index is 2.16. The van der Waals surface area contributed by atoms with E-state index in [0.717, 1.165) is 16.8 Å². The van der Waals surface area contributed by atoms with Crippen molar-refractivity contribution >= 4 is 23.6 Å². The normalized spacial score (nSPS) is 15.6. The van der Waals surface area contributed by atoms with E-state index in [9.17, 15) is 4.79 Å². The minimum Gasteiger partial charge on any atom is -0.495 e. The summed E-state index contributed by atoms with van der Waals surface area (Å²) in [4.78, 5) is 13.5. The molecule has 0 fully saturated rings. The molecule has 0 radical (unpaired) electrons. The molecular formula is C17H15NO3. The molecule has 4 heteroatoms. The number of anilines is 1. The van der Waals surface area contributed by atoms with Crippen LogP contribution in [0.2, 0.25) is 0 Å². The highest BCUT2D eigenvalue weighted by Gasteiger charge is 2.29. The summed E-state index contributed by atoms with van der Waals surface area (Å²) in [7, 11) is 3.26. The lowest BCUT2D eigenvalue weighted by Gasteiger charge is -2.28. The highest BCUT2D eigenvalue weighted by atomic mass is 16.6. The molecule has 21 heavy (non-hydrogen) atoms. The van der Waals surface area contributed by atoms with Crippen molar-refractivity contribution in [2.24, 2.45) is 0 Å². The number of fused-ring (bicyclic) bond motifs is 1. The fourth-order valence-corrected chi connectivity index (χ4v) is 2.35. The fourth-order valence-electron chi connectivity index (χ4n) is 2.35. The van der Waals surface area contributed by atoms with Crippen LogP contribution in [0.4, 0.5) is 10.5 Å². The zero-order chi connectivity index (χ0) is 14.8. The van der Waals surface area contributed by atoms with Gasteiger partial charge in [0.1, 0.15) is 11.5 Å². The van der Waals surface area contributed by atoms with E-state index in [4.69, 9.17) is 9.47 Å². The molecule has 0 N–H and O–H groups in total. The Morgan fingerprint density at radius 3 is 2.57 bits per heavy atom. The Morgan fingerprint density at radius 2 is 1.86 bits per heavy atom. The molecule has 0 unspecified atom stereocenters. The molecule has 0 atom stereocenters. The Hall–Kier alpha value is -2.75. The highest BCUT2D eigenvalue weighted by molar-refractivity contribution is 6.03. The van der Waals surface area contributed by atoms with Crippen molar-refractivity contribution in [3.05, 3.63) is 59.7 Å². The fraction of sp³-hybridized carbons (Fsp3) is 0.118. The number of rotatable bonds is 2. The van der Waals surface area contributed by atoms with E-state index in [-0.39, 0.29) is 0 Å². The van der Waals surface area contributed by atoms with Crippen LogP contribution in [0.15, 0.2) is 48.5 Å². The summed E-state index contributed by atoms with van der Waals surface area (Å²) in [6.45, 7) is 0. The molecule has 2 aromatic carbocycles. The SMILES string of the molecule is COc1cccc2c1N(C)C(=O)O/C2=C\c1ccccc1. The standard InChI is InChI=1S/C17H15NO3/c1-18-16-13(9-6-10-14(16)20-2)15(21-17(18)19)11-12-7-4-3-5-8-12/h3-11H,1-2H3/b15-11-. The number of methoxy groups -OCH3 is 1. The molecule has 106 valence electrons. The van der Waals surface area contributed by atoms with Crippen LogP contribution in [-0.4, -0.2) is 20.3 Å². The lowest BCUT2D eigenvalue weighted by Crippen LogP contribution is -2.31. The van der Waals surface area contributed by atoms with Gasteiger partial charge in [0.2, 0.25) is 0 Å². The molecule has 0 saturated heterocycles. The van der Waals surface area contributed by atoms with Crippen LogP contribution in [0.3, 0.4) is 0 Å². The lowest BCUT2D eigenvalue weighted by atomic mass is 10.1. The summed E-state index contributed by atoms with van der Waals surface area (Å²) in [5, 5.41) is 0. The van der Waals surface area contributed by atoms with Gasteiger partial charge in [0.15, 0.2) is 0 Å². The van der Waals surface area contributed by atoms with Crippen LogP contribution in [0, 0.1) is 0 Å². The van der Waals surface area contributed by atoms with Crippen molar-refractivity contribution in [1.29, 1.82) is 0 Å². The minimum absolute atomic E-state index is 0.422. The van der Waals surface area contributed by atoms with Gasteiger partial charge >= 0.3 is 6.09 Å². The van der Waals surface area contributed by atoms with Crippen molar-refractivity contribution in [3.8, 4) is 5.75 Å². The van der Waals surface area contributed by atoms with E-state index in [1.807, 2.05) is 54.6 Å². The van der Waals surface area contributed by atoms with Crippen LogP contribution in [0.25, 0.3) is 11.8 Å². The predicted molar refractivity (Wildman–Crippen MR) is 82.2 cm³/mol. The van der Waals surface area contributed by atoms with Gasteiger partial charge in [-0.3, -0.25) is 4.90 Å². The van der Waals surface area contributed by atoms with Gasteiger partial charge in [-0.15, -0.1) is 0 Å². The van der Waals surface area contributed by atoms with Crippen LogP contribution in [-0.2, 0) is 4.74 Å². The average molecular weight is 281 g/mol. The van der Waals surface area contributed by atoms with E-state index < -0.39 is 6.09 Å². The highest BCUT2D eigenvalue weighted by Crippen LogP contribution is 2.40. The summed E-state index contributed by atoms with van der Waals surface area (Å²) in [5.74, 6) is 1.17. The van der Waals surface area contributed by atoms with Gasteiger partial charge in [0.05, 0.1) is 12.8 Å². The van der Waals surface area contributed by atoms with Crippen molar-refractivity contribution in [3.63, 3.8) is 0 Å². The maximum absolute atomic E-state index is 12.0. The van der Waals surface area contributed by atoms with Crippen LogP contribution >= 0.6 is 0 Å². The van der Waals surface area contributed by atoms with E-state index in [2.05, 4.69) is 0 Å². The summed E-state index contributed by atoms with van der Waals surface area (Å²) in [5.41, 5.74) is 2.53. The quantitative estimate of drug-likeness (QED) is 0.841. The summed E-state index contributed by atoms with van der Waals surface area (Å²) in [6.07, 6.45) is 1.43. The number of carbonyl (C=O) groups is 1. The van der Waals surface area contributed by atoms with E-state index in [1.165, 1.54) is 4.90 Å². The molecule has 2 aromatic rings. The van der Waals surface area contributed by atoms with E-state index >= 15 is 0 Å². The first-order chi connectivity index (χ1) is 10.2. The zero-order valence-corrected chi connectivity index (χ0v) is 11.9. The number of benzene rings is 2. The predicted octanol–water partition coefficient (Wildman–Crippen LogP) is 3.78. The molecule has 4 nitrogen and oxygen atoms in total. The maximum atomic E-state index is 12.0. The second-order valence-electron chi connectivity index (χ2n) is 4.70. The summed E-state index contributed by atoms with van der Waals surface area (Å²) in [6, 6.07) is 15.4. The lowest BCUT2D eigenvalue weighted by molar-refractivity contribution is 0.199. The van der Waals surface area contributed by atoms with Crippen LogP contribution in [0.5, 0.6) is 5.75 Å². The van der Waals surface area contributed by atoms with Gasteiger partial charge in [-0.25, -0.2) is 4.79 Å². The third-order valence-corrected chi connectivity index (χ3v) is 3.39. The van der Waals surface area contributed by atoms with Crippen molar-refractivity contribution in [2.75, 3.05) is 19.1 Å². The molecule has 1 aliphatic heterocycles. The smallest absolute Gasteiger partial charge is 0.419 e. The van der Waals surface area contributed by atoms with Crippen LogP contribution in [0.1, 0.15) is 11.1 Å². The number of carbonyl (C=O) groups excluding carboxylic acids is 1. The molecule has 3 rings (SSSR count). The first kappa shape index (κ1) is 13.2. The van der Waals surface area contributed by atoms with E-state index in [0.29, 0.717) is 11.5 Å². The Bertz CT molecular complexity index is 707. The largest absolute Gasteiger partial charge is 0.495 e. The van der Waals surface area contributed by atoms with Crippen LogP contribution < -0.4 is 9.64 Å². The Kier molecular flexibility index (Phi) is 3.36. The van der Waals surface area contributed by atoms with E-state index in [1.54, 1.807) is 14.2 Å². The first-order valence-corrected chi connectivity index (χ1v) is 6.60. The Morgan fingerprint density at radius 1 is 1.10 bits per heavy atom. The topological polar surface area (TPSA) is 38.8 Å². The summed E-state index contributed by atoms with van der Waals surface area (Å²) < 4.78 is 10.8. The molecule has 1 aliphatic rings. The molecule has 0 aromatic heterocycles. The minimum atomic E-state index is -0.422. The number of hydrogen-bond donors (Lipinski definition) is 0. The molecular weight excluding hydrogens is 266 g/mol. The first-order valence-electron chi connectivity index (χ1n) is 6.60. The number of ether oxygens (including phenoxy) is 2. The number of para-hydroxylation sites is 1. The zero-order valence-electron chi connectivity index (χ0n) is 11.9. The number of hydrogen-bond acceptors (Lipinski definition) is 3. The second kappa shape index (κ2) is 5.32. The van der Waals surface area contributed by atoms with Gasteiger partial charge < -0.3 is 9.47 Å². The third-order valence-electron chi connectivity index (χ3n) is 3.39. The molecule has 0 saturated carbocycles. The van der Waals surface area contributed by atoms with Crippen molar-refractivity contribution < 1.29 is 14.3 Å². The maximum Gasteiger partial charge on any atom is 0.419 e. The summed E-state index contributed by atoms with van der Waals surface area (Å²) >= 11 is 0. The third kappa shape index (κ3) is 2.36. The number of cyclic esters (lactones) is 1. The van der Waals surface area contributed by atoms with Gasteiger partial charge in [-0.2, -0.15) is 0 Å². The van der Waals surface area contributed by atoms with Gasteiger partial charge in [0.25, 0.3) is 0 Å². The molecule has 1 amide bonds. The Labute approximate surface area is 123 Å². The second-order valence-corrected chi connectivity index (χ2v) is 4.70. The molecule has 0 aliphatic carbocycles. The number of nitrogens with zero attached hydrogens (tertiary/aromatic N) is 1. The molecule has 1 heterocycles. The average Bonchev–Trinajstić information content (AvgIpc) is 2.52. The van der Waals surface area contributed by atoms with Crippen molar-refractivity contribution in [1.82, 2.24) is 0 Å². The van der Waals surface area contributed by atoms with Gasteiger partial charge in [-0.05, 0) is 23.8 Å². The monoisotopic (exact) mass is 281 g/mol.